The molecule has 32 heavy (non-hydrogen) atoms. The molecule has 0 aliphatic carbocycles. The van der Waals surface area contributed by atoms with Gasteiger partial charge in [-0.25, -0.2) is 8.42 Å². The summed E-state index contributed by atoms with van der Waals surface area (Å²) in [5.74, 6) is -0.0883. The molecule has 4 rings (SSSR count). The number of pyridine rings is 1. The van der Waals surface area contributed by atoms with Gasteiger partial charge >= 0.3 is 0 Å². The van der Waals surface area contributed by atoms with Crippen LogP contribution in [-0.4, -0.2) is 49.9 Å². The Morgan fingerprint density at radius 2 is 1.78 bits per heavy atom. The molecule has 2 aromatic carbocycles. The molecule has 0 atom stereocenters. The molecule has 1 aliphatic rings. The van der Waals surface area contributed by atoms with Crippen LogP contribution in [0.3, 0.4) is 0 Å². The monoisotopic (exact) mass is 453 g/mol. The Balaban J connectivity index is 1.61. The molecule has 2 heterocycles. The Kier molecular flexibility index (Phi) is 6.55. The van der Waals surface area contributed by atoms with E-state index in [1.54, 1.807) is 24.3 Å². The van der Waals surface area contributed by atoms with Crippen LogP contribution >= 0.6 is 0 Å². The van der Waals surface area contributed by atoms with Crippen LogP contribution in [0.25, 0.3) is 10.9 Å². The average molecular weight is 454 g/mol. The largest absolute Gasteiger partial charge is 0.379 e. The maximum atomic E-state index is 13.2. The van der Waals surface area contributed by atoms with Gasteiger partial charge in [0.15, 0.2) is 0 Å². The van der Waals surface area contributed by atoms with Crippen molar-refractivity contribution in [2.75, 3.05) is 26.3 Å². The van der Waals surface area contributed by atoms with Crippen molar-refractivity contribution < 1.29 is 17.9 Å². The summed E-state index contributed by atoms with van der Waals surface area (Å²) in [7, 11) is -3.67. The van der Waals surface area contributed by atoms with Crippen molar-refractivity contribution in [3.8, 4) is 0 Å². The molecule has 1 amide bonds. The van der Waals surface area contributed by atoms with E-state index in [9.17, 15) is 13.2 Å². The molecular formula is C24H27N3O4S. The molecule has 0 radical (unpaired) electrons. The second kappa shape index (κ2) is 9.36. The number of carbonyl (C=O) groups excluding carboxylic acids is 1. The van der Waals surface area contributed by atoms with E-state index in [0.717, 1.165) is 16.6 Å². The predicted molar refractivity (Wildman–Crippen MR) is 123 cm³/mol. The number of amides is 1. The van der Waals surface area contributed by atoms with Crippen LogP contribution in [0.15, 0.2) is 59.5 Å². The van der Waals surface area contributed by atoms with E-state index in [-0.39, 0.29) is 23.3 Å². The van der Waals surface area contributed by atoms with Crippen LogP contribution in [0.4, 0.5) is 0 Å². The molecule has 1 aliphatic heterocycles. The Hall–Kier alpha value is -2.81. The highest BCUT2D eigenvalue weighted by molar-refractivity contribution is 7.89. The number of carbonyl (C=O) groups is 1. The van der Waals surface area contributed by atoms with E-state index < -0.39 is 10.0 Å². The third-order valence-corrected chi connectivity index (χ3v) is 7.57. The van der Waals surface area contributed by atoms with E-state index in [1.165, 1.54) is 4.31 Å². The summed E-state index contributed by atoms with van der Waals surface area (Å²) in [5, 5.41) is 3.68. The van der Waals surface area contributed by atoms with Gasteiger partial charge in [0.05, 0.1) is 29.2 Å². The topological polar surface area (TPSA) is 88.6 Å². The molecule has 0 bridgehead atoms. The lowest BCUT2D eigenvalue weighted by atomic mass is 10.0. The van der Waals surface area contributed by atoms with Crippen molar-refractivity contribution in [3.05, 3.63) is 71.4 Å². The van der Waals surface area contributed by atoms with Gasteiger partial charge in [0.2, 0.25) is 10.0 Å². The quantitative estimate of drug-likeness (QED) is 0.619. The first-order valence-electron chi connectivity index (χ1n) is 10.7. The molecular weight excluding hydrogens is 426 g/mol. The van der Waals surface area contributed by atoms with E-state index in [1.807, 2.05) is 44.2 Å². The van der Waals surface area contributed by atoms with Crippen LogP contribution in [0.2, 0.25) is 0 Å². The van der Waals surface area contributed by atoms with Crippen LogP contribution in [0, 0.1) is 0 Å². The number of nitrogens with one attached hydrogen (secondary N) is 1. The van der Waals surface area contributed by atoms with Gasteiger partial charge in [-0.15, -0.1) is 0 Å². The van der Waals surface area contributed by atoms with Gasteiger partial charge < -0.3 is 10.1 Å². The summed E-state index contributed by atoms with van der Waals surface area (Å²) in [6, 6.07) is 16.2. The van der Waals surface area contributed by atoms with Gasteiger partial charge in [-0.2, -0.15) is 4.31 Å². The number of ether oxygens (including phenoxy) is 1. The third kappa shape index (κ3) is 4.53. The first-order valence-corrected chi connectivity index (χ1v) is 12.2. The SMILES string of the molecule is CC(C)c1cc(C(=O)NCc2ccccc2S(=O)(=O)N2CCOCC2)c2ccccc2n1. The highest BCUT2D eigenvalue weighted by atomic mass is 32.2. The van der Waals surface area contributed by atoms with Crippen molar-refractivity contribution in [2.45, 2.75) is 31.2 Å². The van der Waals surface area contributed by atoms with Crippen molar-refractivity contribution in [2.24, 2.45) is 0 Å². The maximum Gasteiger partial charge on any atom is 0.252 e. The van der Waals surface area contributed by atoms with Gasteiger partial charge in [0, 0.05) is 30.7 Å². The molecule has 168 valence electrons. The summed E-state index contributed by atoms with van der Waals surface area (Å²) < 4.78 is 33.0. The molecule has 7 nitrogen and oxygen atoms in total. The smallest absolute Gasteiger partial charge is 0.252 e. The number of fused-ring (bicyclic) bond motifs is 1. The first-order chi connectivity index (χ1) is 15.4. The lowest BCUT2D eigenvalue weighted by molar-refractivity contribution is 0.0730. The van der Waals surface area contributed by atoms with Crippen LogP contribution in [0.5, 0.6) is 0 Å². The van der Waals surface area contributed by atoms with E-state index in [4.69, 9.17) is 4.74 Å². The minimum Gasteiger partial charge on any atom is -0.379 e. The summed E-state index contributed by atoms with van der Waals surface area (Å²) in [5.41, 5.74) is 2.69. The van der Waals surface area contributed by atoms with Crippen LogP contribution < -0.4 is 5.32 Å². The molecule has 0 unspecified atom stereocenters. The van der Waals surface area contributed by atoms with Crippen molar-refractivity contribution >= 4 is 26.8 Å². The first kappa shape index (κ1) is 22.4. The van der Waals surface area contributed by atoms with Gasteiger partial charge in [-0.1, -0.05) is 50.2 Å². The zero-order valence-corrected chi connectivity index (χ0v) is 19.1. The molecule has 0 spiro atoms. The van der Waals surface area contributed by atoms with Crippen LogP contribution in [0.1, 0.15) is 41.4 Å². The standard InChI is InChI=1S/C24H27N3O4S/c1-17(2)22-15-20(19-8-4-5-9-21(19)26-22)24(28)25-16-18-7-3-6-10-23(18)32(29,30)27-11-13-31-14-12-27/h3-10,15,17H,11-14,16H2,1-2H3,(H,25,28). The second-order valence-corrected chi connectivity index (χ2v) is 9.98. The average Bonchev–Trinajstić information content (AvgIpc) is 2.82. The Morgan fingerprint density at radius 3 is 2.53 bits per heavy atom. The van der Waals surface area contributed by atoms with E-state index >= 15 is 0 Å². The number of hydrogen-bond acceptors (Lipinski definition) is 5. The summed E-state index contributed by atoms with van der Waals surface area (Å²) in [6.07, 6.45) is 0. The number of aromatic nitrogens is 1. The Bertz CT molecular complexity index is 1230. The third-order valence-electron chi connectivity index (χ3n) is 5.57. The lowest BCUT2D eigenvalue weighted by Crippen LogP contribution is -2.41. The molecule has 1 aromatic heterocycles. The Labute approximate surface area is 188 Å². The molecule has 1 fully saturated rings. The van der Waals surface area contributed by atoms with Gasteiger partial charge in [0.25, 0.3) is 5.91 Å². The number of hydrogen-bond donors (Lipinski definition) is 1. The highest BCUT2D eigenvalue weighted by Crippen LogP contribution is 2.24. The van der Waals surface area contributed by atoms with Gasteiger partial charge in [-0.05, 0) is 29.7 Å². The fraction of sp³-hybridized carbons (Fsp3) is 0.333. The molecule has 1 saturated heterocycles. The molecule has 0 saturated carbocycles. The van der Waals surface area contributed by atoms with Crippen molar-refractivity contribution in [1.29, 1.82) is 0 Å². The molecule has 1 N–H and O–H groups in total. The molecule has 3 aromatic rings. The number of para-hydroxylation sites is 1. The highest BCUT2D eigenvalue weighted by Gasteiger charge is 2.28. The number of morpholine rings is 1. The number of nitrogens with zero attached hydrogens (tertiary/aromatic N) is 2. The minimum atomic E-state index is -3.67. The summed E-state index contributed by atoms with van der Waals surface area (Å²) >= 11 is 0. The number of sulfonamides is 1. The normalized spacial score (nSPS) is 15.2. The number of benzene rings is 2. The predicted octanol–water partition coefficient (Wildman–Crippen LogP) is 3.31. The summed E-state index contributed by atoms with van der Waals surface area (Å²) in [6.45, 7) is 5.58. The zero-order chi connectivity index (χ0) is 22.7. The van der Waals surface area contributed by atoms with E-state index in [2.05, 4.69) is 10.3 Å². The fourth-order valence-corrected chi connectivity index (χ4v) is 5.41. The van der Waals surface area contributed by atoms with Gasteiger partial charge in [0.1, 0.15) is 0 Å². The van der Waals surface area contributed by atoms with Crippen LogP contribution in [-0.2, 0) is 21.3 Å². The Morgan fingerprint density at radius 1 is 1.09 bits per heavy atom. The maximum absolute atomic E-state index is 13.2. The summed E-state index contributed by atoms with van der Waals surface area (Å²) in [4.78, 5) is 18.0. The molecule has 8 heteroatoms. The number of rotatable bonds is 6. The second-order valence-electron chi connectivity index (χ2n) is 8.07. The van der Waals surface area contributed by atoms with E-state index in [0.29, 0.717) is 37.4 Å². The lowest BCUT2D eigenvalue weighted by Gasteiger charge is -2.27. The zero-order valence-electron chi connectivity index (χ0n) is 18.2. The fourth-order valence-electron chi connectivity index (χ4n) is 3.78. The van der Waals surface area contributed by atoms with Crippen molar-refractivity contribution in [3.63, 3.8) is 0 Å². The van der Waals surface area contributed by atoms with Gasteiger partial charge in [-0.3, -0.25) is 9.78 Å². The minimum absolute atomic E-state index is 0.103. The van der Waals surface area contributed by atoms with Crippen molar-refractivity contribution in [1.82, 2.24) is 14.6 Å².